The van der Waals surface area contributed by atoms with E-state index in [1.54, 1.807) is 6.07 Å². The van der Waals surface area contributed by atoms with E-state index in [-0.39, 0.29) is 10.6 Å². The number of methoxy groups -OCH3 is 1. The first kappa shape index (κ1) is 12.4. The molecule has 16 heavy (non-hydrogen) atoms. The number of hydrogen-bond donors (Lipinski definition) is 2. The van der Waals surface area contributed by atoms with Crippen LogP contribution in [-0.4, -0.2) is 26.9 Å². The normalized spacial score (nSPS) is 12.6. The van der Waals surface area contributed by atoms with Crippen molar-refractivity contribution in [3.8, 4) is 5.75 Å². The van der Waals surface area contributed by atoms with Gasteiger partial charge in [0.15, 0.2) is 11.1 Å². The Morgan fingerprint density at radius 1 is 1.50 bits per heavy atom. The van der Waals surface area contributed by atoms with Crippen molar-refractivity contribution in [1.82, 2.24) is 0 Å². The molecule has 1 aromatic rings. The standard InChI is InChI=1S/C10H10O5S/c1-15-8-4-2-7(3-5-10(11)12)6-9(8)16(13)14/h2-6H,1H3,(H,11,12)(H,13,14)/b5-3+. The van der Waals surface area contributed by atoms with Crippen LogP contribution < -0.4 is 4.74 Å². The van der Waals surface area contributed by atoms with Crippen molar-refractivity contribution in [2.24, 2.45) is 0 Å². The Morgan fingerprint density at radius 2 is 2.19 bits per heavy atom. The highest BCUT2D eigenvalue weighted by Gasteiger charge is 2.08. The average molecular weight is 242 g/mol. The molecule has 1 aromatic carbocycles. The van der Waals surface area contributed by atoms with Crippen LogP contribution in [0, 0.1) is 0 Å². The Kier molecular flexibility index (Phi) is 4.21. The zero-order valence-corrected chi connectivity index (χ0v) is 9.23. The SMILES string of the molecule is COc1ccc(/C=C/C(=O)O)cc1S(=O)O. The van der Waals surface area contributed by atoms with Crippen LogP contribution in [0.2, 0.25) is 0 Å². The number of carbonyl (C=O) groups is 1. The van der Waals surface area contributed by atoms with Gasteiger partial charge in [0.2, 0.25) is 0 Å². The molecule has 0 bridgehead atoms. The van der Waals surface area contributed by atoms with Gasteiger partial charge in [-0.1, -0.05) is 6.07 Å². The van der Waals surface area contributed by atoms with Crippen LogP contribution in [0.5, 0.6) is 5.75 Å². The molecule has 0 fully saturated rings. The van der Waals surface area contributed by atoms with Crippen LogP contribution in [0.1, 0.15) is 5.56 Å². The van der Waals surface area contributed by atoms with E-state index in [0.717, 1.165) is 6.08 Å². The number of ether oxygens (including phenoxy) is 1. The van der Waals surface area contributed by atoms with Crippen molar-refractivity contribution in [3.63, 3.8) is 0 Å². The highest BCUT2D eigenvalue weighted by molar-refractivity contribution is 7.79. The lowest BCUT2D eigenvalue weighted by molar-refractivity contribution is -0.131. The van der Waals surface area contributed by atoms with E-state index in [9.17, 15) is 9.00 Å². The summed E-state index contributed by atoms with van der Waals surface area (Å²) in [6.45, 7) is 0. The molecule has 0 amide bonds. The van der Waals surface area contributed by atoms with Gasteiger partial charge in [-0.05, 0) is 23.8 Å². The molecule has 1 unspecified atom stereocenters. The molecular weight excluding hydrogens is 232 g/mol. The van der Waals surface area contributed by atoms with Gasteiger partial charge in [0.25, 0.3) is 0 Å². The first-order chi connectivity index (χ1) is 7.54. The maximum Gasteiger partial charge on any atom is 0.328 e. The van der Waals surface area contributed by atoms with E-state index in [1.807, 2.05) is 0 Å². The van der Waals surface area contributed by atoms with E-state index < -0.39 is 17.0 Å². The molecule has 0 aliphatic heterocycles. The predicted molar refractivity (Wildman–Crippen MR) is 58.7 cm³/mol. The van der Waals surface area contributed by atoms with Crippen LogP contribution in [-0.2, 0) is 15.9 Å². The number of benzene rings is 1. The van der Waals surface area contributed by atoms with Crippen molar-refractivity contribution in [3.05, 3.63) is 29.8 Å². The summed E-state index contributed by atoms with van der Waals surface area (Å²) < 4.78 is 24.8. The topological polar surface area (TPSA) is 83.8 Å². The molecule has 1 rings (SSSR count). The van der Waals surface area contributed by atoms with Crippen LogP contribution >= 0.6 is 0 Å². The molecule has 0 aliphatic carbocycles. The quantitative estimate of drug-likeness (QED) is 0.615. The molecule has 1 atom stereocenters. The van der Waals surface area contributed by atoms with Crippen molar-refractivity contribution < 1.29 is 23.4 Å². The summed E-state index contributed by atoms with van der Waals surface area (Å²) in [4.78, 5) is 10.4. The van der Waals surface area contributed by atoms with Gasteiger partial charge in [-0.15, -0.1) is 0 Å². The van der Waals surface area contributed by atoms with E-state index >= 15 is 0 Å². The van der Waals surface area contributed by atoms with Gasteiger partial charge in [0.05, 0.1) is 7.11 Å². The summed E-state index contributed by atoms with van der Waals surface area (Å²) in [6.07, 6.45) is 2.28. The Balaban J connectivity index is 3.12. The Bertz CT molecular complexity index is 453. The minimum atomic E-state index is -2.17. The largest absolute Gasteiger partial charge is 0.495 e. The fourth-order valence-corrected chi connectivity index (χ4v) is 1.66. The highest BCUT2D eigenvalue weighted by Crippen LogP contribution is 2.23. The Morgan fingerprint density at radius 3 is 2.69 bits per heavy atom. The van der Waals surface area contributed by atoms with E-state index in [2.05, 4.69) is 0 Å². The second kappa shape index (κ2) is 5.43. The second-order valence-corrected chi connectivity index (χ2v) is 3.77. The van der Waals surface area contributed by atoms with E-state index in [4.69, 9.17) is 14.4 Å². The molecule has 0 heterocycles. The molecule has 0 radical (unpaired) electrons. The van der Waals surface area contributed by atoms with Crippen LogP contribution in [0.3, 0.4) is 0 Å². The minimum absolute atomic E-state index is 0.107. The first-order valence-corrected chi connectivity index (χ1v) is 5.35. The zero-order valence-electron chi connectivity index (χ0n) is 8.41. The van der Waals surface area contributed by atoms with Crippen LogP contribution in [0.15, 0.2) is 29.2 Å². The summed E-state index contributed by atoms with van der Waals surface area (Å²) >= 11 is -2.17. The van der Waals surface area contributed by atoms with Gasteiger partial charge in [-0.2, -0.15) is 0 Å². The molecule has 0 aliphatic rings. The van der Waals surface area contributed by atoms with Crippen LogP contribution in [0.4, 0.5) is 0 Å². The molecule has 0 spiro atoms. The molecule has 6 heteroatoms. The van der Waals surface area contributed by atoms with Crippen molar-refractivity contribution in [2.75, 3.05) is 7.11 Å². The summed E-state index contributed by atoms with van der Waals surface area (Å²) in [5, 5.41) is 8.43. The minimum Gasteiger partial charge on any atom is -0.495 e. The molecule has 5 nitrogen and oxygen atoms in total. The molecule has 0 aromatic heterocycles. The predicted octanol–water partition coefficient (Wildman–Crippen LogP) is 1.37. The Labute approximate surface area is 94.6 Å². The number of carboxylic acid groups (broad SMARTS) is 1. The molecule has 0 saturated carbocycles. The third-order valence-corrected chi connectivity index (χ3v) is 2.49. The summed E-state index contributed by atoms with van der Waals surface area (Å²) in [5.41, 5.74) is 0.514. The van der Waals surface area contributed by atoms with Crippen molar-refractivity contribution >= 4 is 23.1 Å². The number of hydrogen-bond acceptors (Lipinski definition) is 3. The third-order valence-electron chi connectivity index (χ3n) is 1.79. The van der Waals surface area contributed by atoms with Crippen molar-refractivity contribution in [1.29, 1.82) is 0 Å². The summed E-state index contributed by atoms with van der Waals surface area (Å²) in [7, 11) is 1.39. The lowest BCUT2D eigenvalue weighted by atomic mass is 10.2. The second-order valence-electron chi connectivity index (χ2n) is 2.83. The number of rotatable bonds is 4. The number of aliphatic carboxylic acids is 1. The highest BCUT2D eigenvalue weighted by atomic mass is 32.2. The molecule has 2 N–H and O–H groups in total. The smallest absolute Gasteiger partial charge is 0.328 e. The van der Waals surface area contributed by atoms with Gasteiger partial charge in [-0.3, -0.25) is 0 Å². The first-order valence-electron chi connectivity index (χ1n) is 4.24. The maximum absolute atomic E-state index is 11.0. The third kappa shape index (κ3) is 3.18. The van der Waals surface area contributed by atoms with Gasteiger partial charge >= 0.3 is 5.97 Å². The fourth-order valence-electron chi connectivity index (χ4n) is 1.10. The zero-order chi connectivity index (χ0) is 12.1. The van der Waals surface area contributed by atoms with Gasteiger partial charge in [0.1, 0.15) is 10.6 Å². The monoisotopic (exact) mass is 242 g/mol. The van der Waals surface area contributed by atoms with E-state index in [1.165, 1.54) is 25.3 Å². The Hall–Kier alpha value is -1.66. The lowest BCUT2D eigenvalue weighted by Crippen LogP contribution is -1.95. The van der Waals surface area contributed by atoms with Gasteiger partial charge in [0, 0.05) is 6.08 Å². The summed E-state index contributed by atoms with van der Waals surface area (Å²) in [5.74, 6) is -0.796. The van der Waals surface area contributed by atoms with Crippen molar-refractivity contribution in [2.45, 2.75) is 4.90 Å². The maximum atomic E-state index is 11.0. The summed E-state index contributed by atoms with van der Waals surface area (Å²) in [6, 6.07) is 4.49. The van der Waals surface area contributed by atoms with Gasteiger partial charge < -0.3 is 14.4 Å². The molecular formula is C10H10O5S. The van der Waals surface area contributed by atoms with E-state index in [0.29, 0.717) is 5.56 Å². The van der Waals surface area contributed by atoms with Gasteiger partial charge in [-0.25, -0.2) is 9.00 Å². The van der Waals surface area contributed by atoms with Crippen LogP contribution in [0.25, 0.3) is 6.08 Å². The number of carboxylic acids is 1. The lowest BCUT2D eigenvalue weighted by Gasteiger charge is -2.05. The average Bonchev–Trinajstić information content (AvgIpc) is 2.25. The molecule has 0 saturated heterocycles. The molecule has 86 valence electrons. The fraction of sp³-hybridized carbons (Fsp3) is 0.100.